The Balaban J connectivity index is 2.26. The number of likely N-dealkylation sites (tertiary alicyclic amines) is 1. The highest BCUT2D eigenvalue weighted by Gasteiger charge is 2.41. The van der Waals surface area contributed by atoms with Crippen molar-refractivity contribution in [2.24, 2.45) is 5.92 Å². The predicted octanol–water partition coefficient (Wildman–Crippen LogP) is -0.156. The summed E-state index contributed by atoms with van der Waals surface area (Å²) in [7, 11) is 1.23. The van der Waals surface area contributed by atoms with Crippen LogP contribution in [0, 0.1) is 5.92 Å². The maximum Gasteiger partial charge on any atom is 0.237 e. The summed E-state index contributed by atoms with van der Waals surface area (Å²) in [5.74, 6) is -1.20. The van der Waals surface area contributed by atoms with Gasteiger partial charge < -0.3 is 15.1 Å². The number of carbonyl (C=O) groups is 3. The lowest BCUT2D eigenvalue weighted by atomic mass is 9.87. The van der Waals surface area contributed by atoms with Crippen molar-refractivity contribution >= 4 is 27.7 Å². The summed E-state index contributed by atoms with van der Waals surface area (Å²) in [6.07, 6.45) is 1.05. The van der Waals surface area contributed by atoms with Crippen molar-refractivity contribution in [3.8, 4) is 0 Å². The molecule has 0 bridgehead atoms. The largest absolute Gasteiger partial charge is 0.352 e. The third-order valence-corrected chi connectivity index (χ3v) is 6.54. The Morgan fingerprint density at radius 1 is 1.17 bits per heavy atom. The van der Waals surface area contributed by atoms with Crippen molar-refractivity contribution in [2.75, 3.05) is 47.0 Å². The van der Waals surface area contributed by atoms with Gasteiger partial charge >= 0.3 is 0 Å². The fourth-order valence-electron chi connectivity index (χ4n) is 3.50. The van der Waals surface area contributed by atoms with Gasteiger partial charge in [0.25, 0.3) is 0 Å². The number of amides is 3. The molecule has 1 N–H and O–H groups in total. The molecule has 9 nitrogen and oxygen atoms in total. The van der Waals surface area contributed by atoms with Crippen molar-refractivity contribution in [1.29, 1.82) is 0 Å². The molecule has 1 aliphatic heterocycles. The monoisotopic (exact) mass is 438 g/mol. The molecule has 0 saturated carbocycles. The quantitative estimate of drug-likeness (QED) is 0.637. The molecule has 1 heterocycles. The van der Waals surface area contributed by atoms with Crippen LogP contribution in [0.1, 0.15) is 24.0 Å². The van der Waals surface area contributed by atoms with Crippen LogP contribution in [0.25, 0.3) is 0 Å². The topological polar surface area (TPSA) is 107 Å². The minimum atomic E-state index is -3.48. The molecule has 0 spiro atoms. The van der Waals surface area contributed by atoms with Gasteiger partial charge in [0, 0.05) is 53.6 Å². The number of carbonyl (C=O) groups excluding carboxylic acids is 3. The zero-order valence-electron chi connectivity index (χ0n) is 18.1. The number of sulfonamides is 1. The number of hydrogen-bond donors (Lipinski definition) is 1. The van der Waals surface area contributed by atoms with E-state index in [1.54, 1.807) is 19.0 Å². The van der Waals surface area contributed by atoms with Gasteiger partial charge in [0.2, 0.25) is 27.7 Å². The summed E-state index contributed by atoms with van der Waals surface area (Å²) >= 11 is 0. The van der Waals surface area contributed by atoms with Gasteiger partial charge in [-0.3, -0.25) is 14.4 Å². The van der Waals surface area contributed by atoms with Gasteiger partial charge in [0.05, 0.1) is 18.7 Å². The molecule has 166 valence electrons. The van der Waals surface area contributed by atoms with Crippen molar-refractivity contribution in [3.63, 3.8) is 0 Å². The molecule has 0 radical (unpaired) electrons. The molecule has 1 fully saturated rings. The number of hydrogen-bond acceptors (Lipinski definition) is 5. The van der Waals surface area contributed by atoms with Gasteiger partial charge in [-0.2, -0.15) is 4.31 Å². The molecule has 3 amide bonds. The van der Waals surface area contributed by atoms with Gasteiger partial charge in [-0.1, -0.05) is 24.3 Å². The second kappa shape index (κ2) is 9.57. The summed E-state index contributed by atoms with van der Waals surface area (Å²) in [5.41, 5.74) is 1.81. The lowest BCUT2D eigenvalue weighted by molar-refractivity contribution is -0.133. The van der Waals surface area contributed by atoms with E-state index in [1.165, 1.54) is 18.9 Å². The van der Waals surface area contributed by atoms with Gasteiger partial charge in [-0.05, 0) is 11.1 Å². The van der Waals surface area contributed by atoms with Crippen LogP contribution in [-0.2, 0) is 31.0 Å². The van der Waals surface area contributed by atoms with Crippen LogP contribution in [0.2, 0.25) is 0 Å². The molecule has 1 saturated heterocycles. The fraction of sp³-hybridized carbons (Fsp3) is 0.550. The average Bonchev–Trinajstić information content (AvgIpc) is 3.10. The van der Waals surface area contributed by atoms with Crippen molar-refractivity contribution in [3.05, 3.63) is 35.4 Å². The number of benzene rings is 1. The Morgan fingerprint density at radius 3 is 2.40 bits per heavy atom. The van der Waals surface area contributed by atoms with E-state index in [2.05, 4.69) is 5.32 Å². The molecular weight excluding hydrogens is 408 g/mol. The van der Waals surface area contributed by atoms with Crippen LogP contribution in [0.5, 0.6) is 0 Å². The second-order valence-electron chi connectivity index (χ2n) is 7.92. The van der Waals surface area contributed by atoms with Crippen LogP contribution in [-0.4, -0.2) is 87.3 Å². The first-order valence-corrected chi connectivity index (χ1v) is 11.5. The summed E-state index contributed by atoms with van der Waals surface area (Å²) in [5, 5.41) is 2.75. The van der Waals surface area contributed by atoms with E-state index in [1.807, 2.05) is 24.3 Å². The van der Waals surface area contributed by atoms with E-state index in [-0.39, 0.29) is 36.7 Å². The Kier molecular flexibility index (Phi) is 7.59. The van der Waals surface area contributed by atoms with Crippen LogP contribution < -0.4 is 5.32 Å². The molecule has 1 aromatic rings. The third-order valence-electron chi connectivity index (χ3n) is 5.28. The molecule has 0 aliphatic carbocycles. The normalized spacial score (nSPS) is 19.1. The highest BCUT2D eigenvalue weighted by Crippen LogP contribution is 2.34. The Bertz CT molecular complexity index is 916. The maximum atomic E-state index is 12.8. The van der Waals surface area contributed by atoms with E-state index < -0.39 is 15.9 Å². The molecule has 1 aromatic carbocycles. The van der Waals surface area contributed by atoms with E-state index in [4.69, 9.17) is 0 Å². The minimum Gasteiger partial charge on any atom is -0.352 e. The standard InChI is InChI=1S/C20H30N4O5S/c1-14(25)21-10-15-7-6-8-16(9-15)17-11-24(12-18(17)20(27)22(2)3)19(26)13-23(4)30(5,28)29/h6-9,17-18H,10-13H2,1-5H3,(H,21,25)/t17-,18+/m1/s1. The number of rotatable bonds is 7. The van der Waals surface area contributed by atoms with Crippen LogP contribution in [0.3, 0.4) is 0 Å². The van der Waals surface area contributed by atoms with E-state index in [0.29, 0.717) is 13.1 Å². The SMILES string of the molecule is CC(=O)NCc1cccc([C@H]2CN(C(=O)CN(C)S(C)(=O)=O)C[C@@H]2C(=O)N(C)C)c1. The van der Waals surface area contributed by atoms with E-state index >= 15 is 0 Å². The first-order chi connectivity index (χ1) is 13.9. The first kappa shape index (κ1) is 23.8. The summed E-state index contributed by atoms with van der Waals surface area (Å²) in [4.78, 5) is 39.8. The molecule has 2 atom stereocenters. The first-order valence-electron chi connectivity index (χ1n) is 9.63. The molecule has 0 unspecified atom stereocenters. The van der Waals surface area contributed by atoms with Crippen molar-refractivity contribution in [2.45, 2.75) is 19.4 Å². The Morgan fingerprint density at radius 2 is 1.83 bits per heavy atom. The smallest absolute Gasteiger partial charge is 0.237 e. The Labute approximate surface area is 178 Å². The summed E-state index contributed by atoms with van der Waals surface area (Å²) < 4.78 is 24.3. The zero-order chi connectivity index (χ0) is 22.6. The zero-order valence-corrected chi connectivity index (χ0v) is 18.9. The predicted molar refractivity (Wildman–Crippen MR) is 113 cm³/mol. The molecule has 30 heavy (non-hydrogen) atoms. The minimum absolute atomic E-state index is 0.0842. The van der Waals surface area contributed by atoms with Crippen molar-refractivity contribution < 1.29 is 22.8 Å². The number of likely N-dealkylation sites (N-methyl/N-ethyl adjacent to an activating group) is 1. The van der Waals surface area contributed by atoms with Gasteiger partial charge in [0.1, 0.15) is 0 Å². The van der Waals surface area contributed by atoms with Gasteiger partial charge in [-0.25, -0.2) is 8.42 Å². The average molecular weight is 439 g/mol. The molecule has 10 heteroatoms. The second-order valence-corrected chi connectivity index (χ2v) is 10.0. The van der Waals surface area contributed by atoms with Crippen LogP contribution >= 0.6 is 0 Å². The highest BCUT2D eigenvalue weighted by molar-refractivity contribution is 7.88. The fourth-order valence-corrected chi connectivity index (χ4v) is 3.84. The van der Waals surface area contributed by atoms with Crippen LogP contribution in [0.4, 0.5) is 0 Å². The van der Waals surface area contributed by atoms with E-state index in [9.17, 15) is 22.8 Å². The number of nitrogens with one attached hydrogen (secondary N) is 1. The summed E-state index contributed by atoms with van der Waals surface area (Å²) in [6.45, 7) is 2.11. The molecule has 1 aliphatic rings. The molecule has 0 aromatic heterocycles. The molecule has 2 rings (SSSR count). The summed E-state index contributed by atoms with van der Waals surface area (Å²) in [6, 6.07) is 7.61. The maximum absolute atomic E-state index is 12.8. The lowest BCUT2D eigenvalue weighted by Gasteiger charge is -2.22. The Hall–Kier alpha value is -2.46. The lowest BCUT2D eigenvalue weighted by Crippen LogP contribution is -2.40. The molecular formula is C20H30N4O5S. The third kappa shape index (κ3) is 6.02. The van der Waals surface area contributed by atoms with Gasteiger partial charge in [0.15, 0.2) is 0 Å². The van der Waals surface area contributed by atoms with Crippen LogP contribution in [0.15, 0.2) is 24.3 Å². The van der Waals surface area contributed by atoms with E-state index in [0.717, 1.165) is 21.7 Å². The number of nitrogens with zero attached hydrogens (tertiary/aromatic N) is 3. The van der Waals surface area contributed by atoms with Gasteiger partial charge in [-0.15, -0.1) is 0 Å². The van der Waals surface area contributed by atoms with Crippen molar-refractivity contribution in [1.82, 2.24) is 19.4 Å². The highest BCUT2D eigenvalue weighted by atomic mass is 32.2.